The second-order valence-electron chi connectivity index (χ2n) is 5.90. The number of alkyl halides is 3. The van der Waals surface area contributed by atoms with E-state index in [9.17, 15) is 0 Å². The maximum atomic E-state index is 6.98. The molecule has 5 heteroatoms. The van der Waals surface area contributed by atoms with Crippen LogP contribution in [0.2, 0.25) is 0 Å². The summed E-state index contributed by atoms with van der Waals surface area (Å²) >= 11 is 33.4. The van der Waals surface area contributed by atoms with Gasteiger partial charge in [0.05, 0.1) is 11.0 Å². The molecule has 2 aromatic carbocycles. The molecule has 0 saturated carbocycles. The molecular formula is C19H11Cl5. The summed E-state index contributed by atoms with van der Waals surface area (Å²) < 4.78 is -1.35. The van der Waals surface area contributed by atoms with Crippen molar-refractivity contribution in [2.24, 2.45) is 5.92 Å². The Bertz CT molecular complexity index is 867. The second kappa shape index (κ2) is 5.69. The number of benzene rings is 2. The van der Waals surface area contributed by atoms with Crippen molar-refractivity contribution in [3.8, 4) is 0 Å². The monoisotopic (exact) mass is 414 g/mol. The molecule has 0 spiro atoms. The van der Waals surface area contributed by atoms with Crippen molar-refractivity contribution >= 4 is 69.2 Å². The Morgan fingerprint density at radius 1 is 0.708 bits per heavy atom. The van der Waals surface area contributed by atoms with Crippen molar-refractivity contribution in [2.45, 2.75) is 9.21 Å². The number of rotatable bonds is 2. The Hall–Kier alpha value is -0.630. The van der Waals surface area contributed by atoms with E-state index in [1.54, 1.807) is 0 Å². The lowest BCUT2D eigenvalue weighted by atomic mass is 9.87. The molecule has 0 fully saturated rings. The second-order valence-corrected chi connectivity index (χ2v) is 8.64. The first-order chi connectivity index (χ1) is 11.4. The van der Waals surface area contributed by atoms with E-state index in [4.69, 9.17) is 58.0 Å². The van der Waals surface area contributed by atoms with Gasteiger partial charge in [-0.05, 0) is 22.3 Å². The normalized spacial score (nSPS) is 28.0. The predicted molar refractivity (Wildman–Crippen MR) is 105 cm³/mol. The van der Waals surface area contributed by atoms with Crippen LogP contribution in [-0.4, -0.2) is 9.21 Å². The number of fused-ring (bicyclic) bond motifs is 2. The fourth-order valence-corrected chi connectivity index (χ4v) is 5.86. The lowest BCUT2D eigenvalue weighted by Crippen LogP contribution is -2.37. The van der Waals surface area contributed by atoms with Gasteiger partial charge in [-0.25, -0.2) is 0 Å². The van der Waals surface area contributed by atoms with Gasteiger partial charge in [0.15, 0.2) is 4.33 Å². The molecule has 2 aliphatic rings. The molecule has 0 aliphatic heterocycles. The van der Waals surface area contributed by atoms with Crippen LogP contribution >= 0.6 is 58.0 Å². The van der Waals surface area contributed by atoms with Crippen LogP contribution in [0.15, 0.2) is 70.7 Å². The van der Waals surface area contributed by atoms with Crippen molar-refractivity contribution in [1.82, 2.24) is 0 Å². The fourth-order valence-electron chi connectivity index (χ4n) is 3.60. The predicted octanol–water partition coefficient (Wildman–Crippen LogP) is 7.08. The van der Waals surface area contributed by atoms with Crippen molar-refractivity contribution in [1.29, 1.82) is 0 Å². The van der Waals surface area contributed by atoms with Crippen LogP contribution in [0.25, 0.3) is 11.1 Å². The fraction of sp³-hybridized carbons (Fsp3) is 0.158. The standard InChI is InChI=1S/C19H11Cl5/c20-16-15-13(11-7-3-1-4-8-11)14(12-9-5-2-6-10-12)18(22,17(16)21)19(15,23)24/h1-10,15H/t15-,18-/m1/s1. The molecule has 2 bridgehead atoms. The van der Waals surface area contributed by atoms with E-state index in [1.165, 1.54) is 0 Å². The Balaban J connectivity index is 2.07. The summed E-state index contributed by atoms with van der Waals surface area (Å²) in [5, 5.41) is 0.717. The zero-order chi connectivity index (χ0) is 17.1. The number of hydrogen-bond donors (Lipinski definition) is 0. The number of allylic oxidation sites excluding steroid dienone is 4. The Morgan fingerprint density at radius 2 is 1.21 bits per heavy atom. The number of halogens is 5. The van der Waals surface area contributed by atoms with Crippen LogP contribution in [0.1, 0.15) is 11.1 Å². The highest BCUT2D eigenvalue weighted by molar-refractivity contribution is 6.64. The van der Waals surface area contributed by atoms with E-state index in [-0.39, 0.29) is 0 Å². The molecule has 0 aromatic heterocycles. The third-order valence-corrected chi connectivity index (χ3v) is 7.60. The molecule has 4 rings (SSSR count). The van der Waals surface area contributed by atoms with Crippen molar-refractivity contribution in [2.75, 3.05) is 0 Å². The van der Waals surface area contributed by atoms with Gasteiger partial charge in [0.2, 0.25) is 0 Å². The van der Waals surface area contributed by atoms with Crippen molar-refractivity contribution < 1.29 is 0 Å². The Labute approximate surface area is 165 Å². The van der Waals surface area contributed by atoms with Crippen molar-refractivity contribution in [3.05, 3.63) is 81.9 Å². The molecule has 0 heterocycles. The summed E-state index contributed by atoms with van der Waals surface area (Å²) in [5.41, 5.74) is 3.66. The first-order valence-electron chi connectivity index (χ1n) is 7.38. The van der Waals surface area contributed by atoms with Gasteiger partial charge in [0.1, 0.15) is 4.87 Å². The SMILES string of the molecule is ClC1=C(Cl)[C@]2(Cl)C(c3ccccc3)=C(c3ccccc3)[C@H]1C2(Cl)Cl. The molecule has 0 nitrogen and oxygen atoms in total. The Morgan fingerprint density at radius 3 is 1.75 bits per heavy atom. The molecule has 122 valence electrons. The van der Waals surface area contributed by atoms with Gasteiger partial charge < -0.3 is 0 Å². The molecule has 0 unspecified atom stereocenters. The molecule has 2 atom stereocenters. The molecule has 0 radical (unpaired) electrons. The van der Waals surface area contributed by atoms with E-state index < -0.39 is 15.1 Å². The summed E-state index contributed by atoms with van der Waals surface area (Å²) in [6.07, 6.45) is 0. The van der Waals surface area contributed by atoms with E-state index in [1.807, 2.05) is 60.7 Å². The van der Waals surface area contributed by atoms with E-state index in [0.29, 0.717) is 10.1 Å². The minimum Gasteiger partial charge on any atom is -0.104 e. The van der Waals surface area contributed by atoms with Gasteiger partial charge in [-0.3, -0.25) is 0 Å². The molecule has 0 amide bonds. The first-order valence-corrected chi connectivity index (χ1v) is 9.27. The summed E-state index contributed by atoms with van der Waals surface area (Å²) in [6.45, 7) is 0. The molecule has 0 saturated heterocycles. The lowest BCUT2D eigenvalue weighted by molar-refractivity contribution is 0.704. The van der Waals surface area contributed by atoms with Crippen LogP contribution in [-0.2, 0) is 0 Å². The third kappa shape index (κ3) is 2.01. The average Bonchev–Trinajstić information content (AvgIpc) is 2.86. The zero-order valence-electron chi connectivity index (χ0n) is 12.2. The van der Waals surface area contributed by atoms with Gasteiger partial charge in [-0.2, -0.15) is 0 Å². The maximum absolute atomic E-state index is 6.98. The van der Waals surface area contributed by atoms with Crippen LogP contribution in [0.4, 0.5) is 0 Å². The lowest BCUT2D eigenvalue weighted by Gasteiger charge is -2.31. The topological polar surface area (TPSA) is 0 Å². The highest BCUT2D eigenvalue weighted by Gasteiger charge is 2.70. The van der Waals surface area contributed by atoms with Crippen LogP contribution in [0.5, 0.6) is 0 Å². The molecule has 2 aromatic rings. The summed E-state index contributed by atoms with van der Waals surface area (Å²) in [6, 6.07) is 19.7. The average molecular weight is 417 g/mol. The van der Waals surface area contributed by atoms with Crippen LogP contribution in [0, 0.1) is 5.92 Å². The van der Waals surface area contributed by atoms with E-state index in [2.05, 4.69) is 0 Å². The van der Waals surface area contributed by atoms with E-state index in [0.717, 1.165) is 22.3 Å². The van der Waals surface area contributed by atoms with Gasteiger partial charge in [0, 0.05) is 5.03 Å². The quantitative estimate of drug-likeness (QED) is 0.459. The minimum absolute atomic E-state index is 0.305. The first kappa shape index (κ1) is 16.8. The van der Waals surface area contributed by atoms with Crippen LogP contribution in [0.3, 0.4) is 0 Å². The summed E-state index contributed by atoms with van der Waals surface area (Å²) in [7, 11) is 0. The minimum atomic E-state index is -1.35. The molecule has 24 heavy (non-hydrogen) atoms. The van der Waals surface area contributed by atoms with Crippen molar-refractivity contribution in [3.63, 3.8) is 0 Å². The Kier molecular flexibility index (Phi) is 3.99. The highest BCUT2D eigenvalue weighted by atomic mass is 35.5. The van der Waals surface area contributed by atoms with Gasteiger partial charge >= 0.3 is 0 Å². The number of hydrogen-bond acceptors (Lipinski definition) is 0. The van der Waals surface area contributed by atoms with Crippen LogP contribution < -0.4 is 0 Å². The summed E-state index contributed by atoms with van der Waals surface area (Å²) in [5.74, 6) is -0.467. The van der Waals surface area contributed by atoms with Gasteiger partial charge in [0.25, 0.3) is 0 Å². The smallest absolute Gasteiger partial charge is 0.104 e. The highest BCUT2D eigenvalue weighted by Crippen LogP contribution is 2.73. The largest absolute Gasteiger partial charge is 0.158 e. The third-order valence-electron chi connectivity index (χ3n) is 4.64. The maximum Gasteiger partial charge on any atom is 0.158 e. The molecule has 2 aliphatic carbocycles. The summed E-state index contributed by atoms with van der Waals surface area (Å²) in [4.78, 5) is -1.27. The van der Waals surface area contributed by atoms with Gasteiger partial charge in [-0.15, -0.1) is 11.6 Å². The zero-order valence-corrected chi connectivity index (χ0v) is 16.0. The molecular weight excluding hydrogens is 405 g/mol. The molecule has 0 N–H and O–H groups in total. The van der Waals surface area contributed by atoms with E-state index >= 15 is 0 Å². The van der Waals surface area contributed by atoms with Gasteiger partial charge in [-0.1, -0.05) is 107 Å².